The molecule has 0 aliphatic rings. The molecule has 13 heteroatoms. The molecule has 18 aromatic carbocycles. The molecule has 0 N–H and O–H groups in total. The number of rotatable bonds is 17. The van der Waals surface area contributed by atoms with Crippen molar-refractivity contribution in [1.29, 1.82) is 0 Å². The summed E-state index contributed by atoms with van der Waals surface area (Å²) in [6.45, 7) is 0. The molecule has 0 unspecified atom stereocenters. The van der Waals surface area contributed by atoms with Gasteiger partial charge in [0.15, 0.2) is 13.0 Å². The Balaban J connectivity index is 0.000000115. The van der Waals surface area contributed by atoms with Crippen molar-refractivity contribution in [2.45, 2.75) is 0 Å². The first kappa shape index (κ1) is 89.4. The topological polar surface area (TPSA) is 135 Å². The summed E-state index contributed by atoms with van der Waals surface area (Å²) < 4.78 is 22.4. The highest BCUT2D eigenvalue weighted by Gasteiger charge is 2.32. The largest absolute Gasteiger partial charge is 0.309 e. The van der Waals surface area contributed by atoms with Crippen LogP contribution in [0.1, 0.15) is 0 Å². The molecule has 149 heavy (non-hydrogen) atoms. The van der Waals surface area contributed by atoms with Crippen LogP contribution in [0.5, 0.6) is 0 Å². The summed E-state index contributed by atoms with van der Waals surface area (Å²) in [6, 6.07) is 184. The van der Waals surface area contributed by atoms with Crippen molar-refractivity contribution >= 4 is 121 Å². The Morgan fingerprint density at radius 1 is 0.174 bits per heavy atom. The number of aromatic nitrogens is 11. The van der Waals surface area contributed by atoms with Crippen molar-refractivity contribution in [1.82, 2.24) is 53.6 Å². The van der Waals surface area contributed by atoms with Crippen LogP contribution in [0.25, 0.3) is 239 Å². The third-order valence-corrected chi connectivity index (χ3v) is 31.2. The van der Waals surface area contributed by atoms with E-state index in [-0.39, 0.29) is 0 Å². The van der Waals surface area contributed by atoms with E-state index in [1.54, 1.807) is 12.4 Å². The van der Waals surface area contributed by atoms with Crippen molar-refractivity contribution in [2.75, 3.05) is 0 Å². The van der Waals surface area contributed by atoms with Gasteiger partial charge in [-0.05, 0) is 167 Å². The minimum Gasteiger partial charge on any atom is -0.309 e. The third-order valence-electron chi connectivity index (χ3n) is 28.1. The van der Waals surface area contributed by atoms with Gasteiger partial charge in [-0.1, -0.05) is 400 Å². The Labute approximate surface area is 860 Å². The number of para-hydroxylation sites is 9. The predicted molar refractivity (Wildman–Crippen MR) is 616 cm³/mol. The maximum Gasteiger partial charge on any atom is 0.171 e. The number of pyridine rings is 6. The van der Waals surface area contributed by atoms with E-state index in [1.165, 1.54) is 16.5 Å². The van der Waals surface area contributed by atoms with Gasteiger partial charge in [0.25, 0.3) is 0 Å². The smallest absolute Gasteiger partial charge is 0.171 e. The number of nitrogens with zero attached hydrogens (tertiary/aromatic N) is 11. The van der Waals surface area contributed by atoms with E-state index < -0.39 is 7.14 Å². The average molecular weight is 1930 g/mol. The molecule has 0 spiro atoms. The zero-order chi connectivity index (χ0) is 99.1. The first-order chi connectivity index (χ1) is 73.8. The maximum atomic E-state index is 15.3. The molecule has 0 amide bonds. The maximum absolute atomic E-state index is 15.3. The molecule has 12 nitrogen and oxygen atoms in total. The normalized spacial score (nSPS) is 11.5. The monoisotopic (exact) mass is 1920 g/mol. The highest BCUT2D eigenvalue weighted by Crippen LogP contribution is 2.49. The molecule has 0 atom stereocenters. The van der Waals surface area contributed by atoms with Gasteiger partial charge in [-0.25, -0.2) is 29.9 Å². The van der Waals surface area contributed by atoms with Crippen LogP contribution in [0.3, 0.4) is 0 Å². The van der Waals surface area contributed by atoms with Crippen LogP contribution in [-0.2, 0) is 4.57 Å². The second-order valence-electron chi connectivity index (χ2n) is 37.1. The lowest BCUT2D eigenvalue weighted by molar-refractivity contribution is 0.592. The standard InChI is InChI=1S/C55H36N4.C42H27N5.C39H27N2OP/c1-4-15-37(16-5-1)39-27-31-41(32-28-39)49-36-50(42-33-29-40(30-34-42)38-17-6-2-7-18-38)58-55(57-49)44-20-14-19-43(35-44)53-52-47-24-11-13-26-51(47)59(45-21-8-3-9-22-45)54(52)46-23-10-12-25-48(46)56-53;1-2-15-31(16-3-1)47-39-22-7-5-18-33(39)40-41(46-34-19-6-4-17-32(34)42(40)47)29-14-12-13-28(25-29)30-26-37(35-20-8-10-23-43-35)45-38(27-30)36-21-9-11-24-44-36;42-43(30-18-6-2-7-19-30,31-20-8-3-9-21-31)32-22-14-15-28(27-32)38-37-34-24-11-13-26-36(34)41(29-16-4-1-5-17-29)39(37)33-23-10-12-25-35(33)40-38/h1-36H;1-27H;1-27H. The van der Waals surface area contributed by atoms with Crippen LogP contribution in [0.2, 0.25) is 0 Å². The predicted octanol–water partition coefficient (Wildman–Crippen LogP) is 32.9. The van der Waals surface area contributed by atoms with Gasteiger partial charge >= 0.3 is 0 Å². The number of fused-ring (bicyclic) bond motifs is 15. The van der Waals surface area contributed by atoms with Gasteiger partial charge < -0.3 is 18.3 Å². The first-order valence-corrected chi connectivity index (χ1v) is 51.7. The Morgan fingerprint density at radius 3 is 0.846 bits per heavy atom. The van der Waals surface area contributed by atoms with Crippen LogP contribution >= 0.6 is 7.14 Å². The van der Waals surface area contributed by atoms with E-state index in [0.717, 1.165) is 233 Å². The van der Waals surface area contributed by atoms with Crippen molar-refractivity contribution in [2.24, 2.45) is 0 Å². The van der Waals surface area contributed by atoms with Crippen LogP contribution in [-0.4, -0.2) is 53.6 Å². The molecule has 0 aliphatic carbocycles. The Morgan fingerprint density at radius 2 is 0.463 bits per heavy atom. The fourth-order valence-electron chi connectivity index (χ4n) is 21.2. The average Bonchev–Trinajstić information content (AvgIpc) is 1.57. The van der Waals surface area contributed by atoms with Gasteiger partial charge in [0.05, 0.1) is 101 Å². The van der Waals surface area contributed by atoms with Crippen LogP contribution in [0.4, 0.5) is 0 Å². The van der Waals surface area contributed by atoms with Gasteiger partial charge in [-0.3, -0.25) is 9.97 Å². The van der Waals surface area contributed by atoms with Gasteiger partial charge in [0, 0.05) is 127 Å². The summed E-state index contributed by atoms with van der Waals surface area (Å²) in [4.78, 5) is 40.8. The molecule has 0 radical (unpaired) electrons. The summed E-state index contributed by atoms with van der Waals surface area (Å²) in [7, 11) is -3.16. The molecule has 0 aliphatic heterocycles. The number of hydrogen-bond donors (Lipinski definition) is 0. The highest BCUT2D eigenvalue weighted by atomic mass is 31.2. The van der Waals surface area contributed by atoms with E-state index in [2.05, 4.69) is 424 Å². The SMILES string of the molecule is O=P(c1ccccc1)(c1ccccc1)c1cccc(-c2nc3ccccc3c3c2c2ccccc2n3-c2ccccc2)c1.c1ccc(-c2ccc(-c3cc(-c4ccc(-c5ccccc5)cc4)nc(-c4cccc(-c5nc6ccccc6c6c5c5ccccc5n6-c5ccccc5)c4)n3)cc2)cc1.c1ccc(-n2c3ccccc3c3c(-c4cccc(-c5cc(-c6ccccn6)nc(-c6ccccn6)c5)c4)nc4ccccc4c32)cc1. The molecular weight excluding hydrogens is 1830 g/mol. The molecule has 700 valence electrons. The number of benzene rings is 18. The minimum absolute atomic E-state index is 0.655. The van der Waals surface area contributed by atoms with E-state index in [1.807, 2.05) is 133 Å². The highest BCUT2D eigenvalue weighted by molar-refractivity contribution is 7.85. The second kappa shape index (κ2) is 38.9. The van der Waals surface area contributed by atoms with Crippen LogP contribution in [0.15, 0.2) is 546 Å². The minimum atomic E-state index is -3.16. The number of hydrogen-bond acceptors (Lipinski definition) is 9. The summed E-state index contributed by atoms with van der Waals surface area (Å²) in [6.07, 6.45) is 3.60. The summed E-state index contributed by atoms with van der Waals surface area (Å²) >= 11 is 0. The Bertz CT molecular complexity index is 9750. The lowest BCUT2D eigenvalue weighted by atomic mass is 9.97. The third kappa shape index (κ3) is 16.7. The molecule has 0 bridgehead atoms. The molecule has 0 fully saturated rings. The fraction of sp³-hybridized carbons (Fsp3) is 0. The molecule has 28 rings (SSSR count). The quantitative estimate of drug-likeness (QED) is 0.0817. The lowest BCUT2D eigenvalue weighted by Crippen LogP contribution is -2.25. The summed E-state index contributed by atoms with van der Waals surface area (Å²) in [5.74, 6) is 0.655. The summed E-state index contributed by atoms with van der Waals surface area (Å²) in [5.41, 5.74) is 33.4. The van der Waals surface area contributed by atoms with E-state index in [9.17, 15) is 0 Å². The molecule has 10 aromatic heterocycles. The molecule has 0 saturated carbocycles. The zero-order valence-corrected chi connectivity index (χ0v) is 81.6. The van der Waals surface area contributed by atoms with Crippen molar-refractivity contribution in [3.05, 3.63) is 546 Å². The lowest BCUT2D eigenvalue weighted by Gasteiger charge is -2.21. The van der Waals surface area contributed by atoms with Crippen LogP contribution in [0, 0.1) is 0 Å². The molecule has 10 heterocycles. The molecular formula is C136H90N11OP. The summed E-state index contributed by atoms with van der Waals surface area (Å²) in [5, 5.41) is 12.5. The molecule has 0 saturated heterocycles. The Kier molecular flexibility index (Phi) is 23.3. The van der Waals surface area contributed by atoms with Crippen LogP contribution < -0.4 is 15.9 Å². The molecule has 28 aromatic rings. The van der Waals surface area contributed by atoms with Crippen molar-refractivity contribution in [3.8, 4) is 141 Å². The van der Waals surface area contributed by atoms with E-state index in [0.29, 0.717) is 5.82 Å². The van der Waals surface area contributed by atoms with Crippen molar-refractivity contribution in [3.63, 3.8) is 0 Å². The van der Waals surface area contributed by atoms with Gasteiger partial charge in [0.2, 0.25) is 0 Å². The van der Waals surface area contributed by atoms with Crippen molar-refractivity contribution < 1.29 is 4.57 Å². The van der Waals surface area contributed by atoms with Gasteiger partial charge in [-0.2, -0.15) is 0 Å². The first-order valence-electron chi connectivity index (χ1n) is 50.0. The van der Waals surface area contributed by atoms with E-state index >= 15 is 4.57 Å². The fourth-order valence-corrected chi connectivity index (χ4v) is 23.9. The van der Waals surface area contributed by atoms with Gasteiger partial charge in [0.1, 0.15) is 0 Å². The van der Waals surface area contributed by atoms with E-state index in [4.69, 9.17) is 29.9 Å². The Hall–Kier alpha value is -19.7. The van der Waals surface area contributed by atoms with Gasteiger partial charge in [-0.15, -0.1) is 0 Å². The zero-order valence-electron chi connectivity index (χ0n) is 80.7. The second-order valence-corrected chi connectivity index (χ2v) is 39.8.